The van der Waals surface area contributed by atoms with E-state index >= 15 is 0 Å². The van der Waals surface area contributed by atoms with E-state index < -0.39 is 0 Å². The summed E-state index contributed by atoms with van der Waals surface area (Å²) in [7, 11) is 1.68. The van der Waals surface area contributed by atoms with Gasteiger partial charge in [0.15, 0.2) is 6.29 Å². The van der Waals surface area contributed by atoms with Crippen LogP contribution in [0.1, 0.15) is 42.2 Å². The molecule has 2 fully saturated rings. The number of benzene rings is 1. The highest BCUT2D eigenvalue weighted by atomic mass is 16.2. The lowest BCUT2D eigenvalue weighted by Crippen LogP contribution is -2.50. The van der Waals surface area contributed by atoms with Gasteiger partial charge in [-0.05, 0) is 49.9 Å². The summed E-state index contributed by atoms with van der Waals surface area (Å²) in [6.07, 6.45) is 4.59. The van der Waals surface area contributed by atoms with E-state index in [-0.39, 0.29) is 5.91 Å². The standard InChI is InChI=1S/C26H33N9O2/c1-3-33-14-15-35(17-24(33)37)21-6-4-20(5-7-21)30-25-22(18-36)23(16-29-28-2)31-26(32-25)34-12-9-19(8-11-27)10-13-34/h4-7,16,18-19,28H,3,8-10,12-15,17H2,1-2H3,(H,30,31,32)/b29-16-. The van der Waals surface area contributed by atoms with Gasteiger partial charge in [0.05, 0.1) is 24.4 Å². The maximum atomic E-state index is 12.3. The van der Waals surface area contributed by atoms with E-state index in [9.17, 15) is 9.59 Å². The third-order valence-corrected chi connectivity index (χ3v) is 6.87. The summed E-state index contributed by atoms with van der Waals surface area (Å²) in [4.78, 5) is 39.7. The largest absolute Gasteiger partial charge is 0.360 e. The van der Waals surface area contributed by atoms with Crippen molar-refractivity contribution in [1.29, 1.82) is 5.26 Å². The Labute approximate surface area is 217 Å². The number of piperidine rings is 1. The Kier molecular flexibility index (Phi) is 8.51. The predicted octanol–water partition coefficient (Wildman–Crippen LogP) is 2.38. The van der Waals surface area contributed by atoms with Crippen molar-refractivity contribution < 1.29 is 9.59 Å². The molecule has 2 N–H and O–H groups in total. The second-order valence-electron chi connectivity index (χ2n) is 9.13. The van der Waals surface area contributed by atoms with Crippen LogP contribution in [0.15, 0.2) is 29.4 Å². The SMILES string of the molecule is CCN1CCN(c2ccc(Nc3nc(N4CCC(CC#N)CC4)nc(/C=N\NC)c3C=O)cc2)CC1=O. The molecule has 1 aromatic heterocycles. The molecule has 11 heteroatoms. The van der Waals surface area contributed by atoms with Crippen molar-refractivity contribution in [2.75, 3.05) is 61.4 Å². The third kappa shape index (κ3) is 6.14. The molecule has 0 unspecified atom stereocenters. The number of carbonyl (C=O) groups is 2. The normalized spacial score (nSPS) is 16.7. The lowest BCUT2D eigenvalue weighted by atomic mass is 9.94. The Morgan fingerprint density at radius 1 is 1.14 bits per heavy atom. The minimum atomic E-state index is 0.132. The number of nitrogens with zero attached hydrogens (tertiary/aromatic N) is 7. The number of hydrogen-bond acceptors (Lipinski definition) is 10. The second-order valence-corrected chi connectivity index (χ2v) is 9.13. The summed E-state index contributed by atoms with van der Waals surface area (Å²) in [5.74, 6) is 1.44. The van der Waals surface area contributed by atoms with E-state index in [4.69, 9.17) is 10.2 Å². The van der Waals surface area contributed by atoms with Crippen LogP contribution in [0, 0.1) is 17.2 Å². The average Bonchev–Trinajstić information content (AvgIpc) is 2.92. The lowest BCUT2D eigenvalue weighted by molar-refractivity contribution is -0.130. The summed E-state index contributed by atoms with van der Waals surface area (Å²) < 4.78 is 0. The van der Waals surface area contributed by atoms with Crippen LogP contribution in [0.25, 0.3) is 0 Å². The van der Waals surface area contributed by atoms with Gasteiger partial charge >= 0.3 is 0 Å². The lowest BCUT2D eigenvalue weighted by Gasteiger charge is -2.35. The summed E-state index contributed by atoms with van der Waals surface area (Å²) >= 11 is 0. The Bertz CT molecular complexity index is 1170. The highest BCUT2D eigenvalue weighted by molar-refractivity contribution is 5.96. The Hall–Kier alpha value is -4.20. The van der Waals surface area contributed by atoms with E-state index in [0.29, 0.717) is 48.5 Å². The molecule has 2 aliphatic rings. The number of amides is 1. The molecule has 2 aromatic rings. The van der Waals surface area contributed by atoms with Gasteiger partial charge < -0.3 is 25.4 Å². The first kappa shape index (κ1) is 25.9. The van der Waals surface area contributed by atoms with Crippen molar-refractivity contribution in [3.63, 3.8) is 0 Å². The highest BCUT2D eigenvalue weighted by Crippen LogP contribution is 2.28. The zero-order chi connectivity index (χ0) is 26.2. The van der Waals surface area contributed by atoms with Crippen LogP contribution in [0.5, 0.6) is 0 Å². The molecule has 2 saturated heterocycles. The molecule has 1 amide bonds. The van der Waals surface area contributed by atoms with Crippen LogP contribution in [-0.2, 0) is 4.79 Å². The van der Waals surface area contributed by atoms with Gasteiger partial charge in [-0.15, -0.1) is 0 Å². The number of rotatable bonds is 9. The zero-order valence-electron chi connectivity index (χ0n) is 21.4. The van der Waals surface area contributed by atoms with Gasteiger partial charge in [-0.2, -0.15) is 15.3 Å². The zero-order valence-corrected chi connectivity index (χ0v) is 21.4. The smallest absolute Gasteiger partial charge is 0.242 e. The van der Waals surface area contributed by atoms with Crippen LogP contribution >= 0.6 is 0 Å². The number of hydrazone groups is 1. The molecule has 0 aliphatic carbocycles. The quantitative estimate of drug-likeness (QED) is 0.301. The van der Waals surface area contributed by atoms with Gasteiger partial charge in [-0.1, -0.05) is 0 Å². The van der Waals surface area contributed by atoms with Gasteiger partial charge in [0.25, 0.3) is 0 Å². The first-order chi connectivity index (χ1) is 18.1. The summed E-state index contributed by atoms with van der Waals surface area (Å²) in [6.45, 7) is 6.08. The fourth-order valence-electron chi connectivity index (χ4n) is 4.67. The monoisotopic (exact) mass is 503 g/mol. The minimum absolute atomic E-state index is 0.132. The first-order valence-electron chi connectivity index (χ1n) is 12.6. The highest BCUT2D eigenvalue weighted by Gasteiger charge is 2.24. The van der Waals surface area contributed by atoms with Crippen molar-refractivity contribution >= 4 is 41.5 Å². The van der Waals surface area contributed by atoms with Gasteiger partial charge in [-0.25, -0.2) is 4.98 Å². The first-order valence-corrected chi connectivity index (χ1v) is 12.6. The van der Waals surface area contributed by atoms with Crippen molar-refractivity contribution in [2.24, 2.45) is 11.0 Å². The van der Waals surface area contributed by atoms with Crippen LogP contribution in [0.3, 0.4) is 0 Å². The number of aromatic nitrogens is 2. The van der Waals surface area contributed by atoms with E-state index in [2.05, 4.69) is 36.7 Å². The maximum absolute atomic E-state index is 12.3. The molecule has 0 radical (unpaired) electrons. The molecular formula is C26H33N9O2. The topological polar surface area (TPSA) is 130 Å². The summed E-state index contributed by atoms with van der Waals surface area (Å²) in [6, 6.07) is 10.0. The second kappa shape index (κ2) is 12.2. The Morgan fingerprint density at radius 3 is 2.51 bits per heavy atom. The number of aldehydes is 1. The molecule has 3 heterocycles. The Balaban J connectivity index is 1.56. The van der Waals surface area contributed by atoms with E-state index in [1.807, 2.05) is 36.1 Å². The molecule has 0 bridgehead atoms. The van der Waals surface area contributed by atoms with Gasteiger partial charge in [-0.3, -0.25) is 9.59 Å². The van der Waals surface area contributed by atoms with Gasteiger partial charge in [0, 0.05) is 57.6 Å². The number of piperazine rings is 1. The molecule has 2 aliphatic heterocycles. The predicted molar refractivity (Wildman–Crippen MR) is 143 cm³/mol. The molecule has 0 saturated carbocycles. The average molecular weight is 504 g/mol. The third-order valence-electron chi connectivity index (χ3n) is 6.87. The van der Waals surface area contributed by atoms with E-state index in [0.717, 1.165) is 56.7 Å². The maximum Gasteiger partial charge on any atom is 0.242 e. The van der Waals surface area contributed by atoms with Crippen molar-refractivity contribution in [1.82, 2.24) is 20.3 Å². The fraction of sp³-hybridized carbons (Fsp3) is 0.462. The number of hydrogen-bond donors (Lipinski definition) is 2. The summed E-state index contributed by atoms with van der Waals surface area (Å²) in [5.41, 5.74) is 5.16. The van der Waals surface area contributed by atoms with Crippen LogP contribution < -0.4 is 20.5 Å². The minimum Gasteiger partial charge on any atom is -0.360 e. The van der Waals surface area contributed by atoms with Crippen molar-refractivity contribution in [3.05, 3.63) is 35.5 Å². The Morgan fingerprint density at radius 2 is 1.89 bits per heavy atom. The number of anilines is 4. The molecule has 37 heavy (non-hydrogen) atoms. The molecule has 11 nitrogen and oxygen atoms in total. The number of nitriles is 1. The van der Waals surface area contributed by atoms with E-state index in [1.54, 1.807) is 7.05 Å². The van der Waals surface area contributed by atoms with Crippen molar-refractivity contribution in [2.45, 2.75) is 26.2 Å². The van der Waals surface area contributed by atoms with Crippen LogP contribution in [0.4, 0.5) is 23.1 Å². The summed E-state index contributed by atoms with van der Waals surface area (Å²) in [5, 5.41) is 16.3. The number of carbonyl (C=O) groups excluding carboxylic acids is 2. The molecular weight excluding hydrogens is 470 g/mol. The van der Waals surface area contributed by atoms with Crippen LogP contribution in [0.2, 0.25) is 0 Å². The molecule has 1 aromatic carbocycles. The van der Waals surface area contributed by atoms with Crippen LogP contribution in [-0.4, -0.2) is 79.6 Å². The molecule has 4 rings (SSSR count). The van der Waals surface area contributed by atoms with Gasteiger partial charge in [0.2, 0.25) is 11.9 Å². The number of nitrogens with one attached hydrogen (secondary N) is 2. The van der Waals surface area contributed by atoms with E-state index in [1.165, 1.54) is 6.21 Å². The molecule has 194 valence electrons. The molecule has 0 atom stereocenters. The van der Waals surface area contributed by atoms with Crippen molar-refractivity contribution in [3.8, 4) is 6.07 Å². The molecule has 0 spiro atoms. The fourth-order valence-corrected chi connectivity index (χ4v) is 4.67. The number of likely N-dealkylation sites (N-methyl/N-ethyl adjacent to an activating group) is 1. The van der Waals surface area contributed by atoms with Gasteiger partial charge in [0.1, 0.15) is 11.5 Å².